The average molecular weight is 414 g/mol. The zero-order valence-electron chi connectivity index (χ0n) is 13.4. The summed E-state index contributed by atoms with van der Waals surface area (Å²) in [4.78, 5) is 21.0. The Hall–Kier alpha value is -2.05. The molecule has 0 aliphatic heterocycles. The van der Waals surface area contributed by atoms with Gasteiger partial charge in [0.1, 0.15) is 5.01 Å². The van der Waals surface area contributed by atoms with Crippen molar-refractivity contribution in [3.8, 4) is 11.3 Å². The Balaban J connectivity index is 1.34. The van der Waals surface area contributed by atoms with Gasteiger partial charge in [-0.05, 0) is 42.2 Å². The molecular formula is C19H16BrN3OS. The van der Waals surface area contributed by atoms with E-state index < -0.39 is 0 Å². The second kappa shape index (κ2) is 7.06. The second-order valence-electron chi connectivity index (χ2n) is 6.08. The van der Waals surface area contributed by atoms with Crippen LogP contribution in [-0.2, 0) is 11.3 Å². The number of benzene rings is 1. The standard InChI is InChI=1S/C19H16BrN3OS/c20-14-3-1-2-13(8-14)15-9-16(15)19(24)22-10-18-23-17(11-25-18)12-4-6-21-7-5-12/h1-8,11,15-16H,9-10H2,(H,22,24). The highest BCUT2D eigenvalue weighted by molar-refractivity contribution is 9.10. The van der Waals surface area contributed by atoms with Crippen LogP contribution in [0.4, 0.5) is 0 Å². The minimum Gasteiger partial charge on any atom is -0.349 e. The minimum atomic E-state index is 0.0777. The highest BCUT2D eigenvalue weighted by atomic mass is 79.9. The first-order chi connectivity index (χ1) is 12.2. The van der Waals surface area contributed by atoms with Gasteiger partial charge in [0.05, 0.1) is 12.2 Å². The number of halogens is 1. The summed E-state index contributed by atoms with van der Waals surface area (Å²) in [6, 6.07) is 12.1. The molecular weight excluding hydrogens is 398 g/mol. The Morgan fingerprint density at radius 1 is 1.28 bits per heavy atom. The third kappa shape index (κ3) is 3.80. The first kappa shape index (κ1) is 16.4. The van der Waals surface area contributed by atoms with Gasteiger partial charge in [-0.25, -0.2) is 4.98 Å². The molecule has 2 aromatic heterocycles. The van der Waals surface area contributed by atoms with E-state index in [1.165, 1.54) is 5.56 Å². The fourth-order valence-electron chi connectivity index (χ4n) is 2.93. The fraction of sp³-hybridized carbons (Fsp3) is 0.211. The van der Waals surface area contributed by atoms with Gasteiger partial charge in [0.2, 0.25) is 5.91 Å². The number of amides is 1. The van der Waals surface area contributed by atoms with E-state index in [1.807, 2.05) is 29.6 Å². The number of pyridine rings is 1. The van der Waals surface area contributed by atoms with Gasteiger partial charge in [-0.2, -0.15) is 0 Å². The molecule has 0 spiro atoms. The summed E-state index contributed by atoms with van der Waals surface area (Å²) in [5.74, 6) is 0.528. The van der Waals surface area contributed by atoms with Crippen LogP contribution in [0.5, 0.6) is 0 Å². The van der Waals surface area contributed by atoms with Gasteiger partial charge in [0.25, 0.3) is 0 Å². The van der Waals surface area contributed by atoms with Crippen molar-refractivity contribution < 1.29 is 4.79 Å². The number of thiazole rings is 1. The number of nitrogens with one attached hydrogen (secondary N) is 1. The molecule has 126 valence electrons. The van der Waals surface area contributed by atoms with E-state index >= 15 is 0 Å². The fourth-order valence-corrected chi connectivity index (χ4v) is 4.09. The molecule has 3 aromatic rings. The Morgan fingerprint density at radius 3 is 2.92 bits per heavy atom. The topological polar surface area (TPSA) is 54.9 Å². The lowest BCUT2D eigenvalue weighted by molar-refractivity contribution is -0.122. The monoisotopic (exact) mass is 413 g/mol. The molecule has 1 saturated carbocycles. The summed E-state index contributed by atoms with van der Waals surface area (Å²) >= 11 is 5.05. The maximum Gasteiger partial charge on any atom is 0.224 e. The van der Waals surface area contributed by atoms with Crippen LogP contribution in [-0.4, -0.2) is 15.9 Å². The van der Waals surface area contributed by atoms with Crippen molar-refractivity contribution in [1.82, 2.24) is 15.3 Å². The van der Waals surface area contributed by atoms with Crippen molar-refractivity contribution in [3.05, 3.63) is 69.2 Å². The molecule has 1 aromatic carbocycles. The van der Waals surface area contributed by atoms with Crippen molar-refractivity contribution in [2.24, 2.45) is 5.92 Å². The molecule has 1 aliphatic rings. The molecule has 2 unspecified atom stereocenters. The van der Waals surface area contributed by atoms with Crippen molar-refractivity contribution in [2.45, 2.75) is 18.9 Å². The third-order valence-corrected chi connectivity index (χ3v) is 5.69. The third-order valence-electron chi connectivity index (χ3n) is 4.35. The van der Waals surface area contributed by atoms with Gasteiger partial charge in [0, 0.05) is 33.7 Å². The first-order valence-electron chi connectivity index (χ1n) is 8.08. The molecule has 2 heterocycles. The second-order valence-corrected chi connectivity index (χ2v) is 7.94. The van der Waals surface area contributed by atoms with E-state index in [-0.39, 0.29) is 11.8 Å². The minimum absolute atomic E-state index is 0.0777. The molecule has 0 bridgehead atoms. The highest BCUT2D eigenvalue weighted by Crippen LogP contribution is 2.48. The molecule has 1 aliphatic carbocycles. The van der Waals surface area contributed by atoms with Crippen molar-refractivity contribution in [3.63, 3.8) is 0 Å². The van der Waals surface area contributed by atoms with Crippen LogP contribution in [0.15, 0.2) is 58.6 Å². The van der Waals surface area contributed by atoms with Crippen LogP contribution < -0.4 is 5.32 Å². The van der Waals surface area contributed by atoms with Gasteiger partial charge in [-0.1, -0.05) is 28.1 Å². The van der Waals surface area contributed by atoms with Gasteiger partial charge in [-0.15, -0.1) is 11.3 Å². The lowest BCUT2D eigenvalue weighted by Gasteiger charge is -2.03. The summed E-state index contributed by atoms with van der Waals surface area (Å²) in [5.41, 5.74) is 3.19. The molecule has 25 heavy (non-hydrogen) atoms. The molecule has 4 rings (SSSR count). The largest absolute Gasteiger partial charge is 0.349 e. The number of carbonyl (C=O) groups excluding carboxylic acids is 1. The molecule has 2 atom stereocenters. The van der Waals surface area contributed by atoms with E-state index in [0.717, 1.165) is 27.2 Å². The maximum atomic E-state index is 12.4. The lowest BCUT2D eigenvalue weighted by Crippen LogP contribution is -2.24. The summed E-state index contributed by atoms with van der Waals surface area (Å²) in [6.07, 6.45) is 4.43. The molecule has 1 amide bonds. The summed E-state index contributed by atoms with van der Waals surface area (Å²) in [5, 5.41) is 5.95. The zero-order valence-corrected chi connectivity index (χ0v) is 15.8. The summed E-state index contributed by atoms with van der Waals surface area (Å²) in [7, 11) is 0. The summed E-state index contributed by atoms with van der Waals surface area (Å²) < 4.78 is 1.06. The molecule has 4 nitrogen and oxygen atoms in total. The van der Waals surface area contributed by atoms with Crippen LogP contribution >= 0.6 is 27.3 Å². The van der Waals surface area contributed by atoms with Crippen LogP contribution in [0, 0.1) is 5.92 Å². The van der Waals surface area contributed by atoms with E-state index in [2.05, 4.69) is 43.3 Å². The number of aromatic nitrogens is 2. The molecule has 1 N–H and O–H groups in total. The van der Waals surface area contributed by atoms with Crippen LogP contribution in [0.2, 0.25) is 0 Å². The predicted octanol–water partition coefficient (Wildman–Crippen LogP) is 4.39. The zero-order chi connectivity index (χ0) is 17.2. The van der Waals surface area contributed by atoms with Gasteiger partial charge < -0.3 is 5.32 Å². The summed E-state index contributed by atoms with van der Waals surface area (Å²) in [6.45, 7) is 0.482. The first-order valence-corrected chi connectivity index (χ1v) is 9.76. The Morgan fingerprint density at radius 2 is 2.12 bits per heavy atom. The van der Waals surface area contributed by atoms with Crippen LogP contribution in [0.25, 0.3) is 11.3 Å². The predicted molar refractivity (Wildman–Crippen MR) is 102 cm³/mol. The van der Waals surface area contributed by atoms with Gasteiger partial charge in [0.15, 0.2) is 0 Å². The van der Waals surface area contributed by atoms with Gasteiger partial charge >= 0.3 is 0 Å². The molecule has 0 radical (unpaired) electrons. The van der Waals surface area contributed by atoms with E-state index in [1.54, 1.807) is 23.7 Å². The molecule has 6 heteroatoms. The van der Waals surface area contributed by atoms with Crippen molar-refractivity contribution >= 4 is 33.2 Å². The molecule has 1 fully saturated rings. The van der Waals surface area contributed by atoms with Crippen molar-refractivity contribution in [1.29, 1.82) is 0 Å². The van der Waals surface area contributed by atoms with Crippen LogP contribution in [0.1, 0.15) is 22.9 Å². The SMILES string of the molecule is O=C(NCc1nc(-c2ccncc2)cs1)C1CC1c1cccc(Br)c1. The maximum absolute atomic E-state index is 12.4. The highest BCUT2D eigenvalue weighted by Gasteiger charge is 2.43. The Kier molecular flexibility index (Phi) is 4.63. The average Bonchev–Trinajstić information content (AvgIpc) is 3.31. The van der Waals surface area contributed by atoms with E-state index in [4.69, 9.17) is 0 Å². The van der Waals surface area contributed by atoms with Crippen molar-refractivity contribution in [2.75, 3.05) is 0 Å². The molecule has 0 saturated heterocycles. The number of nitrogens with zero attached hydrogens (tertiary/aromatic N) is 2. The normalized spacial score (nSPS) is 18.8. The Labute approximate surface area is 158 Å². The number of hydrogen-bond acceptors (Lipinski definition) is 4. The van der Waals surface area contributed by atoms with E-state index in [9.17, 15) is 4.79 Å². The van der Waals surface area contributed by atoms with E-state index in [0.29, 0.717) is 12.5 Å². The number of hydrogen-bond donors (Lipinski definition) is 1. The quantitative estimate of drug-likeness (QED) is 0.674. The smallest absolute Gasteiger partial charge is 0.224 e. The number of carbonyl (C=O) groups is 1. The lowest BCUT2D eigenvalue weighted by atomic mass is 10.1. The van der Waals surface area contributed by atoms with Crippen LogP contribution in [0.3, 0.4) is 0 Å². The Bertz CT molecular complexity index is 896. The van der Waals surface area contributed by atoms with Gasteiger partial charge in [-0.3, -0.25) is 9.78 Å². The number of rotatable bonds is 5.